The maximum Gasteiger partial charge on any atom is 0.333 e. The van der Waals surface area contributed by atoms with Gasteiger partial charge in [0.05, 0.1) is 11.9 Å². The van der Waals surface area contributed by atoms with Gasteiger partial charge in [0.1, 0.15) is 5.75 Å². The number of nitrogens with zero attached hydrogens (tertiary/aromatic N) is 5. The molecule has 0 unspecified atom stereocenters. The largest absolute Gasteiger partial charge is 0.507 e. The van der Waals surface area contributed by atoms with E-state index in [4.69, 9.17) is 0 Å². The molecule has 2 bridgehead atoms. The van der Waals surface area contributed by atoms with Gasteiger partial charge in [-0.05, 0) is 55.5 Å². The number of halogens is 2. The highest BCUT2D eigenvalue weighted by molar-refractivity contribution is 5.74. The first-order chi connectivity index (χ1) is 15.5. The molecule has 3 atom stereocenters. The zero-order chi connectivity index (χ0) is 22.2. The molecule has 9 heteroatoms. The molecular formula is C23H26F2N6O. The van der Waals surface area contributed by atoms with Crippen molar-refractivity contribution in [1.82, 2.24) is 25.3 Å². The van der Waals surface area contributed by atoms with Crippen LogP contribution in [0.1, 0.15) is 38.7 Å². The number of alkyl halides is 2. The number of hydrogen-bond donors (Lipinski definition) is 2. The van der Waals surface area contributed by atoms with Crippen LogP contribution in [0.25, 0.3) is 22.4 Å². The summed E-state index contributed by atoms with van der Waals surface area (Å²) < 4.78 is 26.1. The monoisotopic (exact) mass is 440 g/mol. The third kappa shape index (κ3) is 4.04. The van der Waals surface area contributed by atoms with Gasteiger partial charge in [-0.25, -0.2) is 4.68 Å². The van der Waals surface area contributed by atoms with Crippen LogP contribution >= 0.6 is 0 Å². The minimum absolute atomic E-state index is 0.00822. The first kappa shape index (κ1) is 20.8. The topological polar surface area (TPSA) is 79.1 Å². The minimum Gasteiger partial charge on any atom is -0.507 e. The number of hydrogen-bond acceptors (Lipinski definition) is 6. The number of piperidine rings is 2. The van der Waals surface area contributed by atoms with Gasteiger partial charge in [0.2, 0.25) is 0 Å². The molecule has 2 N–H and O–H groups in total. The van der Waals surface area contributed by atoms with Crippen LogP contribution in [0.3, 0.4) is 0 Å². The maximum atomic E-state index is 12.8. The number of phenols is 1. The van der Waals surface area contributed by atoms with Gasteiger partial charge in [0, 0.05) is 42.5 Å². The van der Waals surface area contributed by atoms with Crippen molar-refractivity contribution in [2.45, 2.75) is 56.8 Å². The van der Waals surface area contributed by atoms with Gasteiger partial charge in [-0.2, -0.15) is 13.9 Å². The lowest BCUT2D eigenvalue weighted by atomic mass is 9.83. The van der Waals surface area contributed by atoms with E-state index in [1.54, 1.807) is 12.1 Å². The number of nitrogens with one attached hydrogen (secondary N) is 1. The molecule has 0 amide bonds. The quantitative estimate of drug-likeness (QED) is 0.619. The summed E-state index contributed by atoms with van der Waals surface area (Å²) in [4.78, 5) is 2.21. The lowest BCUT2D eigenvalue weighted by Crippen LogP contribution is -2.54. The number of fused-ring (bicyclic) bond motifs is 2. The molecule has 32 heavy (non-hydrogen) atoms. The van der Waals surface area contributed by atoms with E-state index in [0.717, 1.165) is 18.7 Å². The van der Waals surface area contributed by atoms with Crippen LogP contribution in [-0.2, 0) is 0 Å². The molecule has 0 aliphatic carbocycles. The van der Waals surface area contributed by atoms with Crippen molar-refractivity contribution in [3.8, 4) is 28.1 Å². The van der Waals surface area contributed by atoms with Crippen molar-refractivity contribution in [2.75, 3.05) is 11.9 Å². The van der Waals surface area contributed by atoms with E-state index in [2.05, 4.69) is 32.6 Å². The highest BCUT2D eigenvalue weighted by Crippen LogP contribution is 2.34. The summed E-state index contributed by atoms with van der Waals surface area (Å²) in [5.41, 5.74) is 2.19. The average Bonchev–Trinajstić information content (AvgIpc) is 3.29. The number of phenolic OH excluding ortho intramolecular Hbond substituents is 1. The fraction of sp³-hybridized carbons (Fsp3) is 0.435. The molecule has 168 valence electrons. The Morgan fingerprint density at radius 3 is 2.50 bits per heavy atom. The number of anilines is 1. The van der Waals surface area contributed by atoms with Crippen molar-refractivity contribution >= 4 is 5.82 Å². The van der Waals surface area contributed by atoms with Crippen LogP contribution in [0.15, 0.2) is 42.7 Å². The molecule has 4 heterocycles. The Morgan fingerprint density at radius 1 is 1.09 bits per heavy atom. The van der Waals surface area contributed by atoms with E-state index in [9.17, 15) is 13.9 Å². The number of aromatic nitrogens is 4. The Labute approximate surface area is 185 Å². The zero-order valence-electron chi connectivity index (χ0n) is 17.8. The van der Waals surface area contributed by atoms with Gasteiger partial charge in [-0.1, -0.05) is 12.5 Å². The van der Waals surface area contributed by atoms with Crippen molar-refractivity contribution in [3.63, 3.8) is 0 Å². The van der Waals surface area contributed by atoms with Gasteiger partial charge in [0.25, 0.3) is 0 Å². The average molecular weight is 440 g/mol. The second-order valence-corrected chi connectivity index (χ2v) is 8.72. The molecule has 0 saturated carbocycles. The second-order valence-electron chi connectivity index (χ2n) is 8.72. The fourth-order valence-corrected chi connectivity index (χ4v) is 4.92. The molecule has 5 rings (SSSR count). The Balaban J connectivity index is 1.32. The van der Waals surface area contributed by atoms with E-state index in [1.807, 2.05) is 12.1 Å². The summed E-state index contributed by atoms with van der Waals surface area (Å²) in [6.07, 6.45) is 8.61. The van der Waals surface area contributed by atoms with Crippen molar-refractivity contribution in [1.29, 1.82) is 0 Å². The van der Waals surface area contributed by atoms with E-state index in [-0.39, 0.29) is 5.75 Å². The van der Waals surface area contributed by atoms with Crippen molar-refractivity contribution in [2.24, 2.45) is 0 Å². The fourth-order valence-electron chi connectivity index (χ4n) is 4.92. The first-order valence-electron chi connectivity index (χ1n) is 11.0. The lowest BCUT2D eigenvalue weighted by Gasteiger charge is -2.43. The van der Waals surface area contributed by atoms with Crippen LogP contribution in [0.5, 0.6) is 5.75 Å². The Hall–Kier alpha value is -3.07. The van der Waals surface area contributed by atoms with E-state index in [0.29, 0.717) is 45.2 Å². The molecule has 0 spiro atoms. The summed E-state index contributed by atoms with van der Waals surface area (Å²) in [6.45, 7) is -2.70. The third-order valence-electron chi connectivity index (χ3n) is 6.66. The Kier molecular flexibility index (Phi) is 5.50. The molecule has 7 nitrogen and oxygen atoms in total. The third-order valence-corrected chi connectivity index (χ3v) is 6.66. The predicted octanol–water partition coefficient (Wildman–Crippen LogP) is 4.22. The lowest BCUT2D eigenvalue weighted by molar-refractivity contribution is 0.0566. The van der Waals surface area contributed by atoms with Crippen LogP contribution in [0.4, 0.5) is 14.6 Å². The molecule has 2 fully saturated rings. The van der Waals surface area contributed by atoms with Crippen LogP contribution in [-0.4, -0.2) is 50.3 Å². The number of aromatic hydroxyl groups is 1. The molecule has 3 aromatic rings. The molecular weight excluding hydrogens is 414 g/mol. The SMILES string of the molecule is CN(c1ccc(-c2ccc(-c3cnn(C(F)F)c3)cc2O)nn1)[C@H]1C[C@H]2CCC[C@@H](C1)N2. The summed E-state index contributed by atoms with van der Waals surface area (Å²) >= 11 is 0. The van der Waals surface area contributed by atoms with Gasteiger partial charge < -0.3 is 15.3 Å². The molecule has 2 aliphatic heterocycles. The van der Waals surface area contributed by atoms with Crippen LogP contribution in [0.2, 0.25) is 0 Å². The first-order valence-corrected chi connectivity index (χ1v) is 11.0. The summed E-state index contributed by atoms with van der Waals surface area (Å²) in [6, 6.07) is 10.4. The predicted molar refractivity (Wildman–Crippen MR) is 118 cm³/mol. The molecule has 2 aliphatic rings. The molecule has 2 saturated heterocycles. The molecule has 1 aromatic carbocycles. The van der Waals surface area contributed by atoms with Gasteiger partial charge in [-0.15, -0.1) is 10.2 Å². The summed E-state index contributed by atoms with van der Waals surface area (Å²) in [7, 11) is 2.07. The van der Waals surface area contributed by atoms with E-state index >= 15 is 0 Å². The normalized spacial score (nSPS) is 22.8. The second kappa shape index (κ2) is 8.46. The van der Waals surface area contributed by atoms with Crippen molar-refractivity contribution in [3.05, 3.63) is 42.7 Å². The standard InChI is InChI=1S/C23H26F2N6O/c1-30(18-10-16-3-2-4-17(11-18)27-16)22-8-7-20(28-29-22)19-6-5-14(9-21(19)32)15-12-26-31(13-15)23(24)25/h5-9,12-13,16-18,23,27,32H,2-4,10-11H2,1H3/t16-,17+,18+. The zero-order valence-corrected chi connectivity index (χ0v) is 17.8. The van der Waals surface area contributed by atoms with Gasteiger partial charge >= 0.3 is 6.55 Å². The van der Waals surface area contributed by atoms with Crippen molar-refractivity contribution < 1.29 is 13.9 Å². The smallest absolute Gasteiger partial charge is 0.333 e. The van der Waals surface area contributed by atoms with E-state index in [1.165, 1.54) is 37.7 Å². The van der Waals surface area contributed by atoms with Gasteiger partial charge in [0.15, 0.2) is 5.82 Å². The van der Waals surface area contributed by atoms with Gasteiger partial charge in [-0.3, -0.25) is 0 Å². The number of benzene rings is 1. The maximum absolute atomic E-state index is 12.8. The van der Waals surface area contributed by atoms with Crippen LogP contribution in [0, 0.1) is 0 Å². The minimum atomic E-state index is -2.70. The highest BCUT2D eigenvalue weighted by Gasteiger charge is 2.33. The molecule has 2 aromatic heterocycles. The van der Waals surface area contributed by atoms with E-state index < -0.39 is 6.55 Å². The molecule has 0 radical (unpaired) electrons. The Morgan fingerprint density at radius 2 is 1.88 bits per heavy atom. The summed E-state index contributed by atoms with van der Waals surface area (Å²) in [5, 5.41) is 26.7. The number of rotatable bonds is 5. The Bertz CT molecular complexity index is 1070. The van der Waals surface area contributed by atoms with Crippen LogP contribution < -0.4 is 10.2 Å². The highest BCUT2D eigenvalue weighted by atomic mass is 19.3. The summed E-state index contributed by atoms with van der Waals surface area (Å²) in [5.74, 6) is 0.822.